The van der Waals surface area contributed by atoms with Gasteiger partial charge in [-0.1, -0.05) is 187 Å². The van der Waals surface area contributed by atoms with Crippen molar-refractivity contribution in [3.8, 4) is 30.4 Å². The summed E-state index contributed by atoms with van der Waals surface area (Å²) >= 11 is 0. The highest BCUT2D eigenvalue weighted by Crippen LogP contribution is 2.40. The van der Waals surface area contributed by atoms with Gasteiger partial charge in [0.25, 0.3) is 60.7 Å². The molecule has 6 aromatic carbocycles. The number of hydrogen-bond acceptors (Lipinski definition) is 25. The summed E-state index contributed by atoms with van der Waals surface area (Å²) in [4.78, 5) is -1.08. The summed E-state index contributed by atoms with van der Waals surface area (Å²) in [6.45, 7) is 43.0. The zero-order valence-electron chi connectivity index (χ0n) is 72.1. The molecule has 0 radical (unpaired) electrons. The van der Waals surface area contributed by atoms with Crippen LogP contribution in [0.5, 0.6) is 5.75 Å². The van der Waals surface area contributed by atoms with Crippen LogP contribution in [0.25, 0.3) is 0 Å². The molecule has 6 rings (SSSR count). The van der Waals surface area contributed by atoms with Crippen molar-refractivity contribution in [2.45, 2.75) is 257 Å². The fourth-order valence-corrected chi connectivity index (χ4v) is 19.6. The number of terminal acetylenes is 2. The smallest absolute Gasteiger partial charge is 0.339 e. The molecule has 0 aliphatic heterocycles. The predicted molar refractivity (Wildman–Crippen MR) is 453 cm³/mol. The molecule has 0 spiro atoms. The van der Waals surface area contributed by atoms with E-state index in [0.29, 0.717) is 51.0 Å². The molecule has 0 amide bonds. The van der Waals surface area contributed by atoms with Gasteiger partial charge in [0, 0.05) is 0 Å². The Morgan fingerprint density at radius 1 is 0.347 bits per heavy atom. The van der Waals surface area contributed by atoms with Crippen LogP contribution < -0.4 is 4.74 Å². The van der Waals surface area contributed by atoms with Crippen molar-refractivity contribution in [3.63, 3.8) is 0 Å². The zero-order chi connectivity index (χ0) is 91.5. The van der Waals surface area contributed by atoms with E-state index in [-0.39, 0.29) is 94.8 Å². The van der Waals surface area contributed by atoms with Gasteiger partial charge in [0.05, 0.1) is 72.9 Å². The van der Waals surface area contributed by atoms with Crippen LogP contribution in [0.4, 0.5) is 8.78 Å². The lowest BCUT2D eigenvalue weighted by Crippen LogP contribution is -2.15. The van der Waals surface area contributed by atoms with E-state index in [4.69, 9.17) is 30.1 Å². The summed E-state index contributed by atoms with van der Waals surface area (Å²) in [6, 6.07) is 22.9. The molecule has 25 nitrogen and oxygen atoms in total. The molecule has 662 valence electrons. The van der Waals surface area contributed by atoms with Gasteiger partial charge >= 0.3 is 20.2 Å². The van der Waals surface area contributed by atoms with Crippen LogP contribution in [0.15, 0.2) is 143 Å². The third kappa shape index (κ3) is 30.8. The van der Waals surface area contributed by atoms with E-state index in [1.54, 1.807) is 58.2 Å². The molecule has 0 atom stereocenters. The Labute approximate surface area is 703 Å². The summed E-state index contributed by atoms with van der Waals surface area (Å²) in [5.74, 6) is 3.06. The molecule has 0 aliphatic rings. The zero-order valence-corrected chi connectivity index (χ0v) is 78.7. The van der Waals surface area contributed by atoms with Crippen molar-refractivity contribution in [1.29, 1.82) is 0 Å². The highest BCUT2D eigenvalue weighted by Gasteiger charge is 2.33. The Kier molecular flexibility index (Phi) is 43.8. The molecule has 0 saturated heterocycles. The first-order valence-corrected chi connectivity index (χ1v) is 48.7. The molecule has 0 N–H and O–H groups in total. The second kappa shape index (κ2) is 47.4. The number of hydrogen-bond donors (Lipinski definition) is 0. The highest BCUT2D eigenvalue weighted by molar-refractivity contribution is 7.89. The van der Waals surface area contributed by atoms with Crippen LogP contribution in [0.2, 0.25) is 0 Å². The summed E-state index contributed by atoms with van der Waals surface area (Å²) in [7, 11) is -26.1. The van der Waals surface area contributed by atoms with Crippen molar-refractivity contribution in [2.24, 2.45) is 0 Å². The average Bonchev–Trinajstić information content (AvgIpc) is 0.766. The van der Waals surface area contributed by atoms with Gasteiger partial charge in [-0.3, -0.25) is 29.3 Å². The number of benzene rings is 6. The number of methoxy groups -OCH3 is 1. The number of halogens is 2. The summed E-state index contributed by atoms with van der Waals surface area (Å²) < 4.78 is 261. The number of rotatable bonds is 33. The summed E-state index contributed by atoms with van der Waals surface area (Å²) in [5, 5.41) is 0. The molecular formula is C83H118F2O25S8. The van der Waals surface area contributed by atoms with Gasteiger partial charge in [0.1, 0.15) is 40.4 Å². The largest absolute Gasteiger partial charge is 0.497 e. The highest BCUT2D eigenvalue weighted by atomic mass is 32.3. The molecule has 0 heterocycles. The minimum Gasteiger partial charge on any atom is -0.497 e. The SMILES string of the molecule is C#CCOS(=O)(=O)c1c(C(C)C)cc(C(C)C)cc1C(C)C.C#CCOS(=O)(=O)c1c(F)cc(C(C)C)cc1F.C=COS(=O)(=O)c1c(C(C)C)cc(OC)cc1C(C)C.CCOS(=O)(=O)c1ccc(C(CC)CC)cc1.COS(=O)(=O)c1cc(C(C)C)cc(S(=O)(=O)OC)c1.COS(=O)(=O)c1cc(S(=O)(=O)OC)c(C(C)C)cc1C(C)C. The fraction of sp³-hybridized carbons (Fsp3) is 0.494. The summed E-state index contributed by atoms with van der Waals surface area (Å²) in [5.41, 5.74) is 7.26. The van der Waals surface area contributed by atoms with Crippen LogP contribution in [-0.4, -0.2) is 123 Å². The Morgan fingerprint density at radius 3 is 0.966 bits per heavy atom. The van der Waals surface area contributed by atoms with Crippen molar-refractivity contribution in [1.82, 2.24) is 0 Å². The quantitative estimate of drug-likeness (QED) is 0.0210. The lowest BCUT2D eigenvalue weighted by Gasteiger charge is -2.22. The van der Waals surface area contributed by atoms with Crippen molar-refractivity contribution in [3.05, 3.63) is 171 Å². The van der Waals surface area contributed by atoms with Gasteiger partial charge < -0.3 is 8.92 Å². The third-order valence-corrected chi connectivity index (χ3v) is 28.4. The van der Waals surface area contributed by atoms with E-state index < -0.39 is 104 Å². The maximum atomic E-state index is 13.6. The maximum Gasteiger partial charge on any atom is 0.339 e. The standard InChI is InChI=1S/C18H26O3S.C15H22O4S.C14H22O6S2.C13H20O3S.C12H12F2O3S.C11H16O6S2/c1-8-9-21-22(19,20)18-16(13(4)5)10-15(12(2)3)11-17(18)14(6)7;1-7-19-20(16,17)15-13(10(2)3)8-12(18-6)9-14(15)11(4)5;1-9(2)11-7-12(10(3)4)14(22(17,18)20-6)8-13(11)21(15,16)19-5;1-4-11(5-2)12-7-9-13(10-8-12)17(14,15)16-6-3;1-4-5-17-18(15,16)12-10(13)6-9(8(2)3)7-11(12)14;1-8(2)9-5-10(18(12,13)16-3)7-11(6-9)19(14,15)17-4/h1,10-14H,9H2,2-7H3;7-11H,1H2,2-6H3;7-10H,1-6H3;7-11H,4-6H2,1-3H3;1,6-8H,5H2,2-3H3;5-8H,1-4H3. The molecule has 118 heavy (non-hydrogen) atoms. The second-order valence-corrected chi connectivity index (χ2v) is 42.0. The summed E-state index contributed by atoms with van der Waals surface area (Å²) in [6.07, 6.45) is 13.0. The van der Waals surface area contributed by atoms with Crippen LogP contribution in [0.3, 0.4) is 0 Å². The Morgan fingerprint density at radius 2 is 0.669 bits per heavy atom. The molecule has 0 unspecified atom stereocenters. The van der Waals surface area contributed by atoms with Crippen molar-refractivity contribution >= 4 is 80.9 Å². The maximum absolute atomic E-state index is 13.6. The molecule has 0 aliphatic carbocycles. The van der Waals surface area contributed by atoms with E-state index in [9.17, 15) is 76.1 Å². The van der Waals surface area contributed by atoms with E-state index in [2.05, 4.69) is 61.1 Å². The monoisotopic (exact) mass is 1810 g/mol. The average molecular weight is 1810 g/mol. The van der Waals surface area contributed by atoms with Crippen molar-refractivity contribution < 1.29 is 114 Å². The minimum absolute atomic E-state index is 0.0285. The predicted octanol–water partition coefficient (Wildman–Crippen LogP) is 18.0. The van der Waals surface area contributed by atoms with Crippen LogP contribution in [0, 0.1) is 36.3 Å². The van der Waals surface area contributed by atoms with Gasteiger partial charge in [0.15, 0.2) is 4.90 Å². The molecule has 0 saturated carbocycles. The van der Waals surface area contributed by atoms with Gasteiger partial charge in [-0.2, -0.15) is 67.3 Å². The molecule has 35 heteroatoms. The lowest BCUT2D eigenvalue weighted by molar-refractivity contribution is 0.338. The van der Waals surface area contributed by atoms with Crippen LogP contribution in [-0.2, 0) is 114 Å². The van der Waals surface area contributed by atoms with Crippen LogP contribution >= 0.6 is 0 Å². The Balaban J connectivity index is 0.000000710. The molecule has 0 fully saturated rings. The van der Waals surface area contributed by atoms with E-state index in [1.807, 2.05) is 127 Å². The van der Waals surface area contributed by atoms with E-state index in [1.165, 1.54) is 17.7 Å². The van der Waals surface area contributed by atoms with E-state index in [0.717, 1.165) is 88.5 Å². The Bertz CT molecular complexity index is 5210. The van der Waals surface area contributed by atoms with E-state index >= 15 is 0 Å². The topological polar surface area (TPSA) is 356 Å². The molecule has 0 bridgehead atoms. The Hall–Kier alpha value is -7.04. The van der Waals surface area contributed by atoms with Crippen LogP contribution in [0.1, 0.15) is 273 Å². The third-order valence-electron chi connectivity index (χ3n) is 17.8. The first-order valence-electron chi connectivity index (χ1n) is 37.4. The first kappa shape index (κ1) is 109. The van der Waals surface area contributed by atoms with Gasteiger partial charge in [-0.25, -0.2) is 8.78 Å². The molecule has 0 aromatic heterocycles. The lowest BCUT2D eigenvalue weighted by atomic mass is 9.89. The molecular weight excluding hydrogens is 1690 g/mol. The number of ether oxygens (including phenoxy) is 1. The molecule has 6 aromatic rings. The fourth-order valence-electron chi connectivity index (χ4n) is 11.1. The minimum atomic E-state index is -4.52. The van der Waals surface area contributed by atoms with Crippen molar-refractivity contribution in [2.75, 3.05) is 55.4 Å². The normalized spacial score (nSPS) is 12.3. The van der Waals surface area contributed by atoms with Gasteiger partial charge in [-0.15, -0.1) is 12.8 Å². The first-order chi connectivity index (χ1) is 54.3. The van der Waals surface area contributed by atoms with Gasteiger partial charge in [0.2, 0.25) is 0 Å². The second-order valence-electron chi connectivity index (χ2n) is 29.0. The van der Waals surface area contributed by atoms with Gasteiger partial charge in [-0.05, 0) is 195 Å².